The molecule has 0 radical (unpaired) electrons. The van der Waals surface area contributed by atoms with Gasteiger partial charge in [0.25, 0.3) is 5.91 Å². The van der Waals surface area contributed by atoms with E-state index in [2.05, 4.69) is 17.1 Å². The lowest BCUT2D eigenvalue weighted by molar-refractivity contribution is -0.174. The summed E-state index contributed by atoms with van der Waals surface area (Å²) in [4.78, 5) is 28.3. The lowest BCUT2D eigenvalue weighted by Gasteiger charge is -2.60. The third-order valence-electron chi connectivity index (χ3n) is 7.72. The molecule has 6 rings (SSSR count). The van der Waals surface area contributed by atoms with Gasteiger partial charge in [-0.2, -0.15) is 0 Å². The number of fused-ring (bicyclic) bond motifs is 3. The molecule has 4 atom stereocenters. The minimum atomic E-state index is -0.659. The highest BCUT2D eigenvalue weighted by atomic mass is 16.5. The molecule has 1 aromatic rings. The Morgan fingerprint density at radius 1 is 1.18 bits per heavy atom. The monoisotopic (exact) mass is 382 g/mol. The Balaban J connectivity index is 1.41. The highest BCUT2D eigenvalue weighted by Crippen LogP contribution is 2.59. The van der Waals surface area contributed by atoms with Crippen molar-refractivity contribution in [1.29, 1.82) is 0 Å². The number of amides is 2. The van der Waals surface area contributed by atoms with Gasteiger partial charge in [0.2, 0.25) is 5.91 Å². The van der Waals surface area contributed by atoms with Gasteiger partial charge in [0, 0.05) is 31.3 Å². The normalized spacial score (nSPS) is 37.0. The number of nitrogens with one attached hydrogen (secondary N) is 1. The number of hydrogen-bond acceptors (Lipinski definition) is 3. The maximum absolute atomic E-state index is 13.4. The zero-order valence-electron chi connectivity index (χ0n) is 16.7. The van der Waals surface area contributed by atoms with Crippen molar-refractivity contribution in [2.75, 3.05) is 13.1 Å². The van der Waals surface area contributed by atoms with Crippen LogP contribution >= 0.6 is 0 Å². The van der Waals surface area contributed by atoms with Crippen molar-refractivity contribution in [2.45, 2.75) is 64.0 Å². The number of ether oxygens (including phenoxy) is 1. The molecule has 2 heterocycles. The highest BCUT2D eigenvalue weighted by molar-refractivity contribution is 5.98. The van der Waals surface area contributed by atoms with Crippen LogP contribution in [-0.2, 0) is 4.79 Å². The van der Waals surface area contributed by atoms with Crippen LogP contribution in [0.2, 0.25) is 0 Å². The van der Waals surface area contributed by atoms with Crippen LogP contribution in [0.25, 0.3) is 0 Å². The molecular weight excluding hydrogens is 352 g/mol. The first-order chi connectivity index (χ1) is 13.5. The topological polar surface area (TPSA) is 58.6 Å². The number of likely N-dealkylation sites (tertiary alicyclic amines) is 1. The highest BCUT2D eigenvalue weighted by Gasteiger charge is 2.62. The second kappa shape index (κ2) is 6.50. The Morgan fingerprint density at radius 3 is 2.68 bits per heavy atom. The minimum absolute atomic E-state index is 0.0478. The van der Waals surface area contributed by atoms with E-state index in [-0.39, 0.29) is 23.2 Å². The van der Waals surface area contributed by atoms with Crippen LogP contribution in [-0.4, -0.2) is 35.5 Å². The van der Waals surface area contributed by atoms with Crippen LogP contribution in [0.4, 0.5) is 0 Å². The fourth-order valence-electron chi connectivity index (χ4n) is 6.14. The van der Waals surface area contributed by atoms with Crippen molar-refractivity contribution < 1.29 is 14.3 Å². The maximum atomic E-state index is 13.4. The molecule has 2 bridgehead atoms. The molecular formula is C23H30N2O3. The standard InChI is InChI=1S/C23H30N2O3/c1-22-11-10-16(14-18(22)21(27)25-12-6-2-3-7-13-25)23(15-22)24-20(26)17-8-4-5-9-19(17)28-23/h4-5,8-9,16,18H,2-3,6-7,10-15H2,1H3,(H,24,26)/t16-,18+,22-,23-/m0/s1. The summed E-state index contributed by atoms with van der Waals surface area (Å²) in [6.45, 7) is 4.05. The molecule has 0 unspecified atom stereocenters. The lowest BCUT2D eigenvalue weighted by atomic mass is 9.52. The molecule has 1 aromatic carbocycles. The summed E-state index contributed by atoms with van der Waals surface area (Å²) in [6, 6.07) is 7.48. The quantitative estimate of drug-likeness (QED) is 0.805. The molecule has 2 amide bonds. The van der Waals surface area contributed by atoms with Crippen molar-refractivity contribution in [2.24, 2.45) is 17.3 Å². The van der Waals surface area contributed by atoms with Gasteiger partial charge in [-0.05, 0) is 49.7 Å². The third-order valence-corrected chi connectivity index (χ3v) is 7.72. The molecule has 28 heavy (non-hydrogen) atoms. The first-order valence-corrected chi connectivity index (χ1v) is 10.9. The largest absolute Gasteiger partial charge is 0.467 e. The Bertz CT molecular complexity index is 801. The molecule has 1 spiro atoms. The Hall–Kier alpha value is -2.04. The molecule has 2 aliphatic heterocycles. The van der Waals surface area contributed by atoms with Gasteiger partial charge >= 0.3 is 0 Å². The first kappa shape index (κ1) is 18.0. The third kappa shape index (κ3) is 2.73. The Labute approximate surface area is 166 Å². The Morgan fingerprint density at radius 2 is 1.93 bits per heavy atom. The number of nitrogens with zero attached hydrogens (tertiary/aromatic N) is 1. The van der Waals surface area contributed by atoms with E-state index in [4.69, 9.17) is 4.74 Å². The molecule has 0 aromatic heterocycles. The van der Waals surface area contributed by atoms with E-state index in [9.17, 15) is 9.59 Å². The smallest absolute Gasteiger partial charge is 0.258 e. The fraction of sp³-hybridized carbons (Fsp3) is 0.652. The summed E-state index contributed by atoms with van der Waals surface area (Å²) in [7, 11) is 0. The average molecular weight is 383 g/mol. The summed E-state index contributed by atoms with van der Waals surface area (Å²) >= 11 is 0. The summed E-state index contributed by atoms with van der Waals surface area (Å²) < 4.78 is 6.47. The van der Waals surface area contributed by atoms with Crippen LogP contribution in [0.15, 0.2) is 24.3 Å². The van der Waals surface area contributed by atoms with Gasteiger partial charge in [-0.3, -0.25) is 9.59 Å². The van der Waals surface area contributed by atoms with Gasteiger partial charge in [-0.25, -0.2) is 0 Å². The molecule has 1 N–H and O–H groups in total. The molecule has 1 saturated heterocycles. The van der Waals surface area contributed by atoms with E-state index in [1.54, 1.807) is 0 Å². The van der Waals surface area contributed by atoms with Crippen molar-refractivity contribution in [3.8, 4) is 5.75 Å². The molecule has 4 fully saturated rings. The number of hydrogen-bond donors (Lipinski definition) is 1. The van der Waals surface area contributed by atoms with Crippen molar-refractivity contribution in [3.05, 3.63) is 29.8 Å². The predicted octanol–water partition coefficient (Wildman–Crippen LogP) is 3.73. The zero-order valence-corrected chi connectivity index (χ0v) is 16.7. The number of carbonyl (C=O) groups is 2. The minimum Gasteiger partial charge on any atom is -0.467 e. The van der Waals surface area contributed by atoms with E-state index in [1.165, 1.54) is 12.8 Å². The molecule has 3 aliphatic carbocycles. The molecule has 3 saturated carbocycles. The second-order valence-electron chi connectivity index (χ2n) is 9.54. The van der Waals surface area contributed by atoms with E-state index in [1.807, 2.05) is 24.3 Å². The zero-order chi connectivity index (χ0) is 19.4. The summed E-state index contributed by atoms with van der Waals surface area (Å²) in [5.41, 5.74) is -0.178. The van der Waals surface area contributed by atoms with Gasteiger partial charge in [0.1, 0.15) is 5.75 Å². The Kier molecular flexibility index (Phi) is 4.18. The van der Waals surface area contributed by atoms with E-state index < -0.39 is 5.72 Å². The molecule has 5 heteroatoms. The predicted molar refractivity (Wildman–Crippen MR) is 106 cm³/mol. The SMILES string of the molecule is C[C@@]12CC[C@@H](C[C@@H]1C(=O)N1CCCCCC1)[C@@]1(C2)NC(=O)c2ccccc2O1. The number of carbonyl (C=O) groups excluding carboxylic acids is 2. The number of benzene rings is 1. The summed E-state index contributed by atoms with van der Waals surface area (Å²) in [5, 5.41) is 3.21. The second-order valence-corrected chi connectivity index (χ2v) is 9.54. The van der Waals surface area contributed by atoms with Crippen LogP contribution in [0.5, 0.6) is 5.75 Å². The molecule has 5 aliphatic rings. The van der Waals surface area contributed by atoms with Gasteiger partial charge in [0.05, 0.1) is 5.56 Å². The number of rotatable bonds is 1. The van der Waals surface area contributed by atoms with Crippen molar-refractivity contribution in [3.63, 3.8) is 0 Å². The fourth-order valence-corrected chi connectivity index (χ4v) is 6.14. The van der Waals surface area contributed by atoms with Gasteiger partial charge in [0.15, 0.2) is 5.72 Å². The van der Waals surface area contributed by atoms with Crippen LogP contribution in [0.3, 0.4) is 0 Å². The van der Waals surface area contributed by atoms with Crippen LogP contribution in [0.1, 0.15) is 68.6 Å². The summed E-state index contributed by atoms with van der Waals surface area (Å²) in [5.74, 6) is 1.21. The number of para-hydroxylation sites is 1. The molecule has 5 nitrogen and oxygen atoms in total. The lowest BCUT2D eigenvalue weighted by Crippen LogP contribution is -2.69. The first-order valence-electron chi connectivity index (χ1n) is 10.9. The average Bonchev–Trinajstić information content (AvgIpc) is 2.96. The van der Waals surface area contributed by atoms with Gasteiger partial charge in [-0.1, -0.05) is 31.9 Å². The molecule has 150 valence electrons. The van der Waals surface area contributed by atoms with E-state index in [0.717, 1.165) is 51.6 Å². The maximum Gasteiger partial charge on any atom is 0.258 e. The van der Waals surface area contributed by atoms with Crippen molar-refractivity contribution in [1.82, 2.24) is 10.2 Å². The van der Waals surface area contributed by atoms with Crippen molar-refractivity contribution >= 4 is 11.8 Å². The van der Waals surface area contributed by atoms with E-state index in [0.29, 0.717) is 17.2 Å². The van der Waals surface area contributed by atoms with Crippen LogP contribution in [0, 0.1) is 17.3 Å². The van der Waals surface area contributed by atoms with Crippen LogP contribution < -0.4 is 10.1 Å². The van der Waals surface area contributed by atoms with Gasteiger partial charge in [-0.15, -0.1) is 0 Å². The summed E-state index contributed by atoms with van der Waals surface area (Å²) in [6.07, 6.45) is 8.28. The van der Waals surface area contributed by atoms with E-state index >= 15 is 0 Å². The van der Waals surface area contributed by atoms with Gasteiger partial charge < -0.3 is 15.0 Å².